The highest BCUT2D eigenvalue weighted by Crippen LogP contribution is 2.26. The Morgan fingerprint density at radius 1 is 1.03 bits per heavy atom. The summed E-state index contributed by atoms with van der Waals surface area (Å²) in [5.41, 5.74) is 3.77. The van der Waals surface area contributed by atoms with E-state index in [1.54, 1.807) is 18.2 Å². The molecule has 172 valence electrons. The number of nitrogens with zero attached hydrogens (tertiary/aromatic N) is 3. The highest BCUT2D eigenvalue weighted by molar-refractivity contribution is 9.10. The molecule has 10 heteroatoms. The van der Waals surface area contributed by atoms with Crippen LogP contribution >= 0.6 is 15.9 Å². The average Bonchev–Trinajstić information content (AvgIpc) is 2.78. The highest BCUT2D eigenvalue weighted by atomic mass is 79.9. The normalized spacial score (nSPS) is 11.4. The molecule has 1 amide bonds. The number of sulfonamides is 1. The van der Waals surface area contributed by atoms with Gasteiger partial charge in [-0.15, -0.1) is 0 Å². The number of amides is 1. The molecule has 0 unspecified atom stereocenters. The first-order valence-corrected chi connectivity index (χ1v) is 12.0. The number of nitrogens with one attached hydrogen (secondary N) is 1. The Kier molecular flexibility index (Phi) is 7.83. The molecule has 0 saturated heterocycles. The molecule has 3 rings (SSSR count). The molecule has 3 aromatic carbocycles. The van der Waals surface area contributed by atoms with Crippen molar-refractivity contribution in [2.75, 3.05) is 29.8 Å². The topological polar surface area (TPSA) is 82.1 Å². The smallest absolute Gasteiger partial charge is 0.264 e. The van der Waals surface area contributed by atoms with E-state index in [0.29, 0.717) is 0 Å². The number of carbonyl (C=O) groups is 1. The first kappa shape index (κ1) is 24.4. The molecular formula is C23H22BrFN4O3S. The van der Waals surface area contributed by atoms with Crippen molar-refractivity contribution >= 4 is 49.4 Å². The van der Waals surface area contributed by atoms with Crippen molar-refractivity contribution in [3.05, 3.63) is 88.6 Å². The zero-order valence-electron chi connectivity index (χ0n) is 17.9. The van der Waals surface area contributed by atoms with E-state index in [2.05, 4.69) is 26.5 Å². The summed E-state index contributed by atoms with van der Waals surface area (Å²) in [5, 5.41) is 3.91. The first-order valence-electron chi connectivity index (χ1n) is 9.81. The summed E-state index contributed by atoms with van der Waals surface area (Å²) >= 11 is 3.48. The Morgan fingerprint density at radius 3 is 2.33 bits per heavy atom. The quantitative estimate of drug-likeness (QED) is 0.351. The molecule has 0 aliphatic rings. The maximum absolute atomic E-state index is 14.5. The van der Waals surface area contributed by atoms with Crippen molar-refractivity contribution in [2.45, 2.75) is 4.90 Å². The number of hydrogen-bond donors (Lipinski definition) is 1. The minimum atomic E-state index is -4.20. The van der Waals surface area contributed by atoms with Crippen LogP contribution in [-0.4, -0.2) is 41.2 Å². The largest absolute Gasteiger partial charge is 0.377 e. The summed E-state index contributed by atoms with van der Waals surface area (Å²) in [7, 11) is -0.367. The van der Waals surface area contributed by atoms with E-state index in [-0.39, 0.29) is 10.6 Å². The third-order valence-electron chi connectivity index (χ3n) is 4.60. The third-order valence-corrected chi connectivity index (χ3v) is 7.01. The van der Waals surface area contributed by atoms with Gasteiger partial charge in [0.15, 0.2) is 0 Å². The van der Waals surface area contributed by atoms with Crippen LogP contribution in [0, 0.1) is 5.82 Å². The molecular weight excluding hydrogens is 511 g/mol. The SMILES string of the molecule is CN(C)c1ccc(/C=N\NC(=O)CN(c2ccccc2F)S(=O)(=O)c2ccccc2)cc1Br. The Balaban J connectivity index is 1.81. The molecule has 1 N–H and O–H groups in total. The molecule has 0 spiro atoms. The second-order valence-corrected chi connectivity index (χ2v) is 9.89. The lowest BCUT2D eigenvalue weighted by Crippen LogP contribution is -2.40. The van der Waals surface area contributed by atoms with E-state index >= 15 is 0 Å². The molecule has 0 aliphatic carbocycles. The Morgan fingerprint density at radius 2 is 1.70 bits per heavy atom. The minimum Gasteiger partial charge on any atom is -0.377 e. The number of rotatable bonds is 8. The molecule has 0 saturated carbocycles. The maximum Gasteiger partial charge on any atom is 0.264 e. The molecule has 0 fully saturated rings. The van der Waals surface area contributed by atoms with Crippen LogP contribution < -0.4 is 14.6 Å². The van der Waals surface area contributed by atoms with Crippen molar-refractivity contribution in [1.82, 2.24) is 5.43 Å². The fraction of sp³-hybridized carbons (Fsp3) is 0.130. The summed E-state index contributed by atoms with van der Waals surface area (Å²) < 4.78 is 42.4. The molecule has 0 atom stereocenters. The average molecular weight is 533 g/mol. The lowest BCUT2D eigenvalue weighted by Gasteiger charge is -2.24. The second-order valence-electron chi connectivity index (χ2n) is 7.17. The molecule has 0 aliphatic heterocycles. The lowest BCUT2D eigenvalue weighted by molar-refractivity contribution is -0.119. The third kappa shape index (κ3) is 5.96. The number of hydrogen-bond acceptors (Lipinski definition) is 5. The first-order chi connectivity index (χ1) is 15.7. The molecule has 0 bridgehead atoms. The van der Waals surface area contributed by atoms with Crippen LogP contribution in [0.4, 0.5) is 15.8 Å². The van der Waals surface area contributed by atoms with Crippen LogP contribution in [-0.2, 0) is 14.8 Å². The number of carbonyl (C=O) groups excluding carboxylic acids is 1. The number of para-hydroxylation sites is 1. The highest BCUT2D eigenvalue weighted by Gasteiger charge is 2.28. The predicted molar refractivity (Wildman–Crippen MR) is 132 cm³/mol. The maximum atomic E-state index is 14.5. The lowest BCUT2D eigenvalue weighted by atomic mass is 10.2. The molecule has 0 heterocycles. The number of halogens is 2. The molecule has 7 nitrogen and oxygen atoms in total. The van der Waals surface area contributed by atoms with E-state index in [1.165, 1.54) is 36.5 Å². The van der Waals surface area contributed by atoms with Crippen molar-refractivity contribution in [3.8, 4) is 0 Å². The molecule has 33 heavy (non-hydrogen) atoms. The second kappa shape index (κ2) is 10.6. The van der Waals surface area contributed by atoms with Gasteiger partial charge in [-0.05, 0) is 57.9 Å². The van der Waals surface area contributed by atoms with Crippen molar-refractivity contribution in [1.29, 1.82) is 0 Å². The summed E-state index contributed by atoms with van der Waals surface area (Å²) in [6.07, 6.45) is 1.43. The van der Waals surface area contributed by atoms with Crippen molar-refractivity contribution < 1.29 is 17.6 Å². The number of hydrazone groups is 1. The zero-order chi connectivity index (χ0) is 24.0. The number of benzene rings is 3. The van der Waals surface area contributed by atoms with Crippen molar-refractivity contribution in [3.63, 3.8) is 0 Å². The minimum absolute atomic E-state index is 0.0598. The van der Waals surface area contributed by atoms with Gasteiger partial charge in [-0.3, -0.25) is 9.10 Å². The van der Waals surface area contributed by atoms with Gasteiger partial charge in [0.05, 0.1) is 22.5 Å². The van der Waals surface area contributed by atoms with E-state index in [0.717, 1.165) is 26.1 Å². The molecule has 3 aromatic rings. The monoisotopic (exact) mass is 532 g/mol. The summed E-state index contributed by atoms with van der Waals surface area (Å²) in [5.74, 6) is -1.49. The summed E-state index contributed by atoms with van der Waals surface area (Å²) in [6, 6.07) is 18.4. The van der Waals surface area contributed by atoms with Crippen LogP contribution in [0.3, 0.4) is 0 Å². The van der Waals surface area contributed by atoms with Gasteiger partial charge in [-0.1, -0.05) is 36.4 Å². The van der Waals surface area contributed by atoms with Crippen LogP contribution in [0.5, 0.6) is 0 Å². The van der Waals surface area contributed by atoms with Gasteiger partial charge in [0.2, 0.25) is 0 Å². The van der Waals surface area contributed by atoms with E-state index in [1.807, 2.05) is 37.2 Å². The Hall–Kier alpha value is -3.24. The molecule has 0 radical (unpaired) electrons. The standard InChI is InChI=1S/C23H22BrFN4O3S/c1-28(2)21-13-12-17(14-19(21)24)15-26-27-23(30)16-29(22-11-7-6-10-20(22)25)33(31,32)18-8-4-3-5-9-18/h3-15H,16H2,1-2H3,(H,27,30)/b26-15-. The van der Waals surface area contributed by atoms with E-state index < -0.39 is 28.3 Å². The van der Waals surface area contributed by atoms with Gasteiger partial charge in [0, 0.05) is 18.6 Å². The van der Waals surface area contributed by atoms with Gasteiger partial charge >= 0.3 is 0 Å². The Bertz CT molecular complexity index is 1270. The Labute approximate surface area is 200 Å². The summed E-state index contributed by atoms with van der Waals surface area (Å²) in [4.78, 5) is 14.4. The van der Waals surface area contributed by atoms with Gasteiger partial charge in [0.1, 0.15) is 12.4 Å². The fourth-order valence-corrected chi connectivity index (χ4v) is 5.18. The van der Waals surface area contributed by atoms with Crippen LogP contribution in [0.15, 0.2) is 87.3 Å². The fourth-order valence-electron chi connectivity index (χ4n) is 2.98. The van der Waals surface area contributed by atoms with E-state index in [9.17, 15) is 17.6 Å². The predicted octanol–water partition coefficient (Wildman–Crippen LogP) is 4.00. The summed E-state index contributed by atoms with van der Waals surface area (Å²) in [6.45, 7) is -0.654. The van der Waals surface area contributed by atoms with Gasteiger partial charge in [-0.2, -0.15) is 5.10 Å². The number of anilines is 2. The van der Waals surface area contributed by atoms with Crippen LogP contribution in [0.2, 0.25) is 0 Å². The van der Waals surface area contributed by atoms with Gasteiger partial charge < -0.3 is 4.90 Å². The van der Waals surface area contributed by atoms with Gasteiger partial charge in [-0.25, -0.2) is 18.2 Å². The van der Waals surface area contributed by atoms with Crippen molar-refractivity contribution in [2.24, 2.45) is 5.10 Å². The van der Waals surface area contributed by atoms with Gasteiger partial charge in [0.25, 0.3) is 15.9 Å². The van der Waals surface area contributed by atoms with Crippen LogP contribution in [0.25, 0.3) is 0 Å². The van der Waals surface area contributed by atoms with Crippen LogP contribution in [0.1, 0.15) is 5.56 Å². The molecule has 0 aromatic heterocycles. The van der Waals surface area contributed by atoms with E-state index in [4.69, 9.17) is 0 Å². The zero-order valence-corrected chi connectivity index (χ0v) is 20.3.